The molecule has 3 nitrogen and oxygen atoms in total. The van der Waals surface area contributed by atoms with Crippen LogP contribution in [0.1, 0.15) is 30.4 Å². The molecule has 1 saturated heterocycles. The SMILES string of the molecule is CNCN1CCCc2c(C#CC3CCCN3CC(F)F)cccc21. The zero-order valence-electron chi connectivity index (χ0n) is 14.2. The van der Waals surface area contributed by atoms with E-state index in [0.717, 1.165) is 51.0 Å². The Labute approximate surface area is 143 Å². The number of alkyl halides is 2. The van der Waals surface area contributed by atoms with Crippen LogP contribution in [0.25, 0.3) is 0 Å². The van der Waals surface area contributed by atoms with Crippen LogP contribution in [0, 0.1) is 11.8 Å². The van der Waals surface area contributed by atoms with Crippen molar-refractivity contribution in [1.29, 1.82) is 0 Å². The second kappa shape index (κ2) is 7.96. The van der Waals surface area contributed by atoms with Crippen LogP contribution in [-0.4, -0.2) is 50.7 Å². The van der Waals surface area contributed by atoms with Gasteiger partial charge in [0.2, 0.25) is 0 Å². The van der Waals surface area contributed by atoms with Crippen molar-refractivity contribution in [1.82, 2.24) is 10.2 Å². The molecule has 0 aliphatic carbocycles. The Morgan fingerprint density at radius 2 is 2.17 bits per heavy atom. The molecule has 0 bridgehead atoms. The molecule has 1 N–H and O–H groups in total. The molecular formula is C19H25F2N3. The van der Waals surface area contributed by atoms with Gasteiger partial charge in [-0.2, -0.15) is 0 Å². The second-order valence-corrected chi connectivity index (χ2v) is 6.50. The number of rotatable bonds is 4. The molecule has 1 atom stereocenters. The Hall–Kier alpha value is -1.64. The Bertz CT molecular complexity index is 621. The van der Waals surface area contributed by atoms with E-state index in [1.807, 2.05) is 18.0 Å². The summed E-state index contributed by atoms with van der Waals surface area (Å²) in [4.78, 5) is 4.16. The Morgan fingerprint density at radius 1 is 1.29 bits per heavy atom. The van der Waals surface area contributed by atoms with E-state index in [9.17, 15) is 8.78 Å². The molecule has 5 heteroatoms. The van der Waals surface area contributed by atoms with Gasteiger partial charge in [-0.3, -0.25) is 4.90 Å². The number of hydrogen-bond donors (Lipinski definition) is 1. The molecule has 0 radical (unpaired) electrons. The first kappa shape index (κ1) is 17.2. The topological polar surface area (TPSA) is 18.5 Å². The fourth-order valence-corrected chi connectivity index (χ4v) is 3.72. The van der Waals surface area contributed by atoms with Crippen LogP contribution in [0.15, 0.2) is 18.2 Å². The molecule has 0 aromatic heterocycles. The van der Waals surface area contributed by atoms with Crippen LogP contribution in [0.5, 0.6) is 0 Å². The lowest BCUT2D eigenvalue weighted by Gasteiger charge is -2.31. The van der Waals surface area contributed by atoms with Crippen LogP contribution in [0.4, 0.5) is 14.5 Å². The molecule has 0 amide bonds. The normalized spacial score (nSPS) is 20.8. The number of halogens is 2. The van der Waals surface area contributed by atoms with Crippen LogP contribution in [0.2, 0.25) is 0 Å². The minimum Gasteiger partial charge on any atom is -0.358 e. The summed E-state index contributed by atoms with van der Waals surface area (Å²) in [6.07, 6.45) is 1.71. The first-order valence-electron chi connectivity index (χ1n) is 8.74. The lowest BCUT2D eigenvalue weighted by atomic mass is 9.96. The van der Waals surface area contributed by atoms with Gasteiger partial charge >= 0.3 is 0 Å². The number of hydrogen-bond acceptors (Lipinski definition) is 3. The van der Waals surface area contributed by atoms with Gasteiger partial charge in [-0.1, -0.05) is 17.9 Å². The molecule has 2 aliphatic heterocycles. The van der Waals surface area contributed by atoms with Crippen LogP contribution >= 0.6 is 0 Å². The maximum atomic E-state index is 12.7. The standard InChI is InChI=1S/C19H25F2N3/c1-22-14-24-12-4-7-17-15(5-2-8-18(17)24)9-10-16-6-3-11-23(16)13-19(20)21/h2,5,8,16,19,22H,3-4,6-7,11-14H2,1H3. The van der Waals surface area contributed by atoms with Gasteiger partial charge in [-0.05, 0) is 57.0 Å². The second-order valence-electron chi connectivity index (χ2n) is 6.50. The summed E-state index contributed by atoms with van der Waals surface area (Å²) >= 11 is 0. The highest BCUT2D eigenvalue weighted by atomic mass is 19.3. The summed E-state index contributed by atoms with van der Waals surface area (Å²) in [5, 5.41) is 3.21. The van der Waals surface area contributed by atoms with Gasteiger partial charge in [-0.15, -0.1) is 0 Å². The summed E-state index contributed by atoms with van der Waals surface area (Å²) < 4.78 is 25.3. The van der Waals surface area contributed by atoms with Crippen LogP contribution in [-0.2, 0) is 6.42 Å². The quantitative estimate of drug-likeness (QED) is 0.855. The van der Waals surface area contributed by atoms with E-state index in [-0.39, 0.29) is 12.6 Å². The van der Waals surface area contributed by atoms with Crippen LogP contribution < -0.4 is 10.2 Å². The van der Waals surface area contributed by atoms with E-state index in [1.54, 1.807) is 0 Å². The van der Waals surface area contributed by atoms with Crippen molar-refractivity contribution in [2.45, 2.75) is 38.2 Å². The molecule has 24 heavy (non-hydrogen) atoms. The number of nitrogens with one attached hydrogen (secondary N) is 1. The first-order chi connectivity index (χ1) is 11.7. The molecule has 2 heterocycles. The molecule has 0 spiro atoms. The van der Waals surface area contributed by atoms with Gasteiger partial charge in [0, 0.05) is 17.8 Å². The molecule has 1 fully saturated rings. The third-order valence-electron chi connectivity index (χ3n) is 4.81. The molecule has 3 rings (SSSR count). The molecule has 130 valence electrons. The van der Waals surface area contributed by atoms with E-state index in [4.69, 9.17) is 0 Å². The lowest BCUT2D eigenvalue weighted by molar-refractivity contribution is 0.0913. The summed E-state index contributed by atoms with van der Waals surface area (Å²) in [7, 11) is 1.95. The number of nitrogens with zero attached hydrogens (tertiary/aromatic N) is 2. The van der Waals surface area contributed by atoms with Crippen molar-refractivity contribution in [2.24, 2.45) is 0 Å². The molecular weight excluding hydrogens is 308 g/mol. The Balaban J connectivity index is 1.80. The fraction of sp³-hybridized carbons (Fsp3) is 0.579. The summed E-state index contributed by atoms with van der Waals surface area (Å²) in [6.45, 7) is 2.44. The van der Waals surface area contributed by atoms with Crippen LogP contribution in [0.3, 0.4) is 0 Å². The van der Waals surface area contributed by atoms with Gasteiger partial charge < -0.3 is 10.2 Å². The minimum absolute atomic E-state index is 0.0353. The van der Waals surface area contributed by atoms with Crippen molar-refractivity contribution in [3.63, 3.8) is 0 Å². The van der Waals surface area contributed by atoms with E-state index in [2.05, 4.69) is 34.2 Å². The van der Waals surface area contributed by atoms with Crippen molar-refractivity contribution < 1.29 is 8.78 Å². The number of likely N-dealkylation sites (tertiary alicyclic amines) is 1. The maximum absolute atomic E-state index is 12.7. The highest BCUT2D eigenvalue weighted by Gasteiger charge is 2.25. The van der Waals surface area contributed by atoms with E-state index in [1.165, 1.54) is 11.3 Å². The fourth-order valence-electron chi connectivity index (χ4n) is 3.72. The predicted molar refractivity (Wildman–Crippen MR) is 93.5 cm³/mol. The average Bonchev–Trinajstić information content (AvgIpc) is 3.00. The van der Waals surface area contributed by atoms with Gasteiger partial charge in [-0.25, -0.2) is 8.78 Å². The lowest BCUT2D eigenvalue weighted by Crippen LogP contribution is -2.36. The number of fused-ring (bicyclic) bond motifs is 1. The first-order valence-corrected chi connectivity index (χ1v) is 8.74. The molecule has 1 aromatic carbocycles. The third-order valence-corrected chi connectivity index (χ3v) is 4.81. The average molecular weight is 333 g/mol. The maximum Gasteiger partial charge on any atom is 0.251 e. The number of anilines is 1. The van der Waals surface area contributed by atoms with Gasteiger partial charge in [0.25, 0.3) is 6.43 Å². The minimum atomic E-state index is -2.29. The predicted octanol–water partition coefficient (Wildman–Crippen LogP) is 2.70. The zero-order valence-corrected chi connectivity index (χ0v) is 14.2. The largest absolute Gasteiger partial charge is 0.358 e. The van der Waals surface area contributed by atoms with Crippen molar-refractivity contribution >= 4 is 5.69 Å². The van der Waals surface area contributed by atoms with Crippen molar-refractivity contribution in [3.05, 3.63) is 29.3 Å². The van der Waals surface area contributed by atoms with E-state index >= 15 is 0 Å². The molecule has 1 unspecified atom stereocenters. The molecule has 0 saturated carbocycles. The Morgan fingerprint density at radius 3 is 2.96 bits per heavy atom. The van der Waals surface area contributed by atoms with Crippen molar-refractivity contribution in [2.75, 3.05) is 38.3 Å². The third kappa shape index (κ3) is 3.88. The molecule has 2 aliphatic rings. The molecule has 1 aromatic rings. The highest BCUT2D eigenvalue weighted by Crippen LogP contribution is 2.29. The van der Waals surface area contributed by atoms with Gasteiger partial charge in [0.05, 0.1) is 19.3 Å². The van der Waals surface area contributed by atoms with E-state index in [0.29, 0.717) is 0 Å². The van der Waals surface area contributed by atoms with Gasteiger partial charge in [0.1, 0.15) is 0 Å². The van der Waals surface area contributed by atoms with Gasteiger partial charge in [0.15, 0.2) is 0 Å². The zero-order chi connectivity index (χ0) is 16.9. The highest BCUT2D eigenvalue weighted by molar-refractivity contribution is 5.62. The summed E-state index contributed by atoms with van der Waals surface area (Å²) in [6, 6.07) is 6.21. The Kier molecular flexibility index (Phi) is 5.70. The van der Waals surface area contributed by atoms with E-state index < -0.39 is 6.43 Å². The monoisotopic (exact) mass is 333 g/mol. The number of benzene rings is 1. The summed E-state index contributed by atoms with van der Waals surface area (Å²) in [5.41, 5.74) is 3.60. The summed E-state index contributed by atoms with van der Waals surface area (Å²) in [5.74, 6) is 6.56. The smallest absolute Gasteiger partial charge is 0.251 e. The van der Waals surface area contributed by atoms with Crippen molar-refractivity contribution in [3.8, 4) is 11.8 Å².